The summed E-state index contributed by atoms with van der Waals surface area (Å²) >= 11 is 6.56. The molecule has 0 radical (unpaired) electrons. The van der Waals surface area contributed by atoms with E-state index in [9.17, 15) is 0 Å². The normalized spacial score (nSPS) is 23.8. The standard InChI is InChI=1S/C16H23ClO2/c1-4-19-14-8-12(9-14)10-16(17)15-6-5-13(18-3)7-11(15)2/h5-7,12,14,16H,4,8-10H2,1-3H3. The van der Waals surface area contributed by atoms with Crippen LogP contribution in [0.1, 0.15) is 42.7 Å². The molecule has 0 bridgehead atoms. The zero-order valence-corrected chi connectivity index (χ0v) is 12.7. The van der Waals surface area contributed by atoms with Crippen LogP contribution in [-0.2, 0) is 4.74 Å². The molecule has 0 aliphatic heterocycles. The average molecular weight is 283 g/mol. The van der Waals surface area contributed by atoms with Gasteiger partial charge in [-0.1, -0.05) is 6.07 Å². The third kappa shape index (κ3) is 3.64. The van der Waals surface area contributed by atoms with Crippen LogP contribution < -0.4 is 4.74 Å². The monoisotopic (exact) mass is 282 g/mol. The number of hydrogen-bond donors (Lipinski definition) is 0. The van der Waals surface area contributed by atoms with Crippen LogP contribution in [0.4, 0.5) is 0 Å². The third-order valence-electron chi connectivity index (χ3n) is 3.95. The van der Waals surface area contributed by atoms with Crippen LogP contribution in [-0.4, -0.2) is 19.8 Å². The quantitative estimate of drug-likeness (QED) is 0.716. The second-order valence-corrected chi connectivity index (χ2v) is 5.87. The summed E-state index contributed by atoms with van der Waals surface area (Å²) in [5.41, 5.74) is 2.43. The number of aryl methyl sites for hydroxylation is 1. The maximum atomic E-state index is 6.56. The molecule has 1 aliphatic rings. The SMILES string of the molecule is CCOC1CC(CC(Cl)c2ccc(OC)cc2C)C1. The molecular formula is C16H23ClO2. The van der Waals surface area contributed by atoms with E-state index >= 15 is 0 Å². The van der Waals surface area contributed by atoms with Crippen LogP contribution in [0.25, 0.3) is 0 Å². The molecule has 0 amide bonds. The second-order valence-electron chi connectivity index (χ2n) is 5.34. The molecular weight excluding hydrogens is 260 g/mol. The van der Waals surface area contributed by atoms with Gasteiger partial charge in [-0.2, -0.15) is 0 Å². The molecule has 1 aromatic carbocycles. The summed E-state index contributed by atoms with van der Waals surface area (Å²) < 4.78 is 10.8. The van der Waals surface area contributed by atoms with Gasteiger partial charge in [-0.3, -0.25) is 0 Å². The summed E-state index contributed by atoms with van der Waals surface area (Å²) in [7, 11) is 1.69. The lowest BCUT2D eigenvalue weighted by molar-refractivity contribution is -0.0267. The Kier molecular flexibility index (Phi) is 5.12. The van der Waals surface area contributed by atoms with Gasteiger partial charge in [0.2, 0.25) is 0 Å². The molecule has 3 heteroatoms. The molecule has 0 aromatic heterocycles. The van der Waals surface area contributed by atoms with Crippen molar-refractivity contribution in [1.82, 2.24) is 0 Å². The van der Waals surface area contributed by atoms with E-state index in [0.29, 0.717) is 12.0 Å². The van der Waals surface area contributed by atoms with E-state index in [-0.39, 0.29) is 5.38 Å². The van der Waals surface area contributed by atoms with E-state index in [2.05, 4.69) is 26.0 Å². The minimum Gasteiger partial charge on any atom is -0.497 e. The molecule has 1 unspecified atom stereocenters. The van der Waals surface area contributed by atoms with Crippen molar-refractivity contribution in [2.75, 3.05) is 13.7 Å². The van der Waals surface area contributed by atoms with Crippen molar-refractivity contribution in [3.63, 3.8) is 0 Å². The highest BCUT2D eigenvalue weighted by atomic mass is 35.5. The maximum Gasteiger partial charge on any atom is 0.119 e. The van der Waals surface area contributed by atoms with E-state index < -0.39 is 0 Å². The highest BCUT2D eigenvalue weighted by Gasteiger charge is 2.31. The minimum atomic E-state index is 0.0958. The van der Waals surface area contributed by atoms with Gasteiger partial charge in [0.05, 0.1) is 18.6 Å². The number of hydrogen-bond acceptors (Lipinski definition) is 2. The van der Waals surface area contributed by atoms with Gasteiger partial charge in [0.1, 0.15) is 5.75 Å². The van der Waals surface area contributed by atoms with Gasteiger partial charge >= 0.3 is 0 Å². The van der Waals surface area contributed by atoms with Crippen molar-refractivity contribution in [3.8, 4) is 5.75 Å². The van der Waals surface area contributed by atoms with Gasteiger partial charge in [-0.25, -0.2) is 0 Å². The smallest absolute Gasteiger partial charge is 0.119 e. The average Bonchev–Trinajstić information content (AvgIpc) is 2.35. The number of halogens is 1. The van der Waals surface area contributed by atoms with Gasteiger partial charge in [0.25, 0.3) is 0 Å². The molecule has 2 rings (SSSR count). The van der Waals surface area contributed by atoms with Crippen molar-refractivity contribution in [1.29, 1.82) is 0 Å². The molecule has 0 saturated heterocycles. The summed E-state index contributed by atoms with van der Waals surface area (Å²) in [6.07, 6.45) is 3.83. The van der Waals surface area contributed by atoms with Gasteiger partial charge < -0.3 is 9.47 Å². The summed E-state index contributed by atoms with van der Waals surface area (Å²) in [4.78, 5) is 0. The zero-order chi connectivity index (χ0) is 13.8. The van der Waals surface area contributed by atoms with E-state index in [1.807, 2.05) is 6.07 Å². The molecule has 0 N–H and O–H groups in total. The fourth-order valence-electron chi connectivity index (χ4n) is 2.79. The summed E-state index contributed by atoms with van der Waals surface area (Å²) in [6, 6.07) is 6.13. The zero-order valence-electron chi connectivity index (χ0n) is 12.0. The van der Waals surface area contributed by atoms with Gasteiger partial charge in [-0.05, 0) is 62.3 Å². The fraction of sp³-hybridized carbons (Fsp3) is 0.625. The molecule has 1 atom stereocenters. The Balaban J connectivity index is 1.88. The predicted molar refractivity (Wildman–Crippen MR) is 79.1 cm³/mol. The Morgan fingerprint density at radius 2 is 2.11 bits per heavy atom. The second kappa shape index (κ2) is 6.62. The van der Waals surface area contributed by atoms with Crippen LogP contribution in [0, 0.1) is 12.8 Å². The first-order valence-corrected chi connectivity index (χ1v) is 7.47. The molecule has 19 heavy (non-hydrogen) atoms. The van der Waals surface area contributed by atoms with Crippen LogP contribution in [0.2, 0.25) is 0 Å². The molecule has 106 valence electrons. The van der Waals surface area contributed by atoms with E-state index in [0.717, 1.165) is 31.6 Å². The van der Waals surface area contributed by atoms with Crippen LogP contribution in [0.15, 0.2) is 18.2 Å². The third-order valence-corrected chi connectivity index (χ3v) is 4.36. The number of benzene rings is 1. The molecule has 0 heterocycles. The highest BCUT2D eigenvalue weighted by molar-refractivity contribution is 6.20. The Bertz CT molecular complexity index is 413. The molecule has 2 nitrogen and oxygen atoms in total. The topological polar surface area (TPSA) is 18.5 Å². The van der Waals surface area contributed by atoms with Crippen LogP contribution >= 0.6 is 11.6 Å². The van der Waals surface area contributed by atoms with Crippen molar-refractivity contribution < 1.29 is 9.47 Å². The maximum absolute atomic E-state index is 6.56. The summed E-state index contributed by atoms with van der Waals surface area (Å²) in [5.74, 6) is 1.60. The molecule has 1 aliphatic carbocycles. The van der Waals surface area contributed by atoms with Crippen LogP contribution in [0.3, 0.4) is 0 Å². The lowest BCUT2D eigenvalue weighted by Crippen LogP contribution is -2.31. The van der Waals surface area contributed by atoms with E-state index in [1.165, 1.54) is 11.1 Å². The Hall–Kier alpha value is -0.730. The molecule has 1 fully saturated rings. The Morgan fingerprint density at radius 1 is 1.37 bits per heavy atom. The van der Waals surface area contributed by atoms with E-state index in [1.54, 1.807) is 7.11 Å². The summed E-state index contributed by atoms with van der Waals surface area (Å²) in [6.45, 7) is 4.97. The molecule has 1 aromatic rings. The number of rotatable bonds is 6. The first kappa shape index (κ1) is 14.7. The molecule has 0 spiro atoms. The van der Waals surface area contributed by atoms with E-state index in [4.69, 9.17) is 21.1 Å². The van der Waals surface area contributed by atoms with Gasteiger partial charge in [-0.15, -0.1) is 11.6 Å². The van der Waals surface area contributed by atoms with Crippen molar-refractivity contribution in [3.05, 3.63) is 29.3 Å². The summed E-state index contributed by atoms with van der Waals surface area (Å²) in [5, 5.41) is 0.0958. The number of alkyl halides is 1. The molecule has 1 saturated carbocycles. The minimum absolute atomic E-state index is 0.0958. The number of ether oxygens (including phenoxy) is 2. The fourth-order valence-corrected chi connectivity index (χ4v) is 3.28. The Labute approximate surface area is 121 Å². The largest absolute Gasteiger partial charge is 0.497 e. The lowest BCUT2D eigenvalue weighted by Gasteiger charge is -2.36. The highest BCUT2D eigenvalue weighted by Crippen LogP contribution is 2.40. The number of methoxy groups -OCH3 is 1. The van der Waals surface area contributed by atoms with Crippen molar-refractivity contribution in [2.45, 2.75) is 44.6 Å². The van der Waals surface area contributed by atoms with Gasteiger partial charge in [0, 0.05) is 6.61 Å². The first-order valence-electron chi connectivity index (χ1n) is 7.04. The van der Waals surface area contributed by atoms with Crippen molar-refractivity contribution >= 4 is 11.6 Å². The lowest BCUT2D eigenvalue weighted by atomic mass is 9.78. The van der Waals surface area contributed by atoms with Crippen LogP contribution in [0.5, 0.6) is 5.75 Å². The Morgan fingerprint density at radius 3 is 2.68 bits per heavy atom. The van der Waals surface area contributed by atoms with Gasteiger partial charge in [0.15, 0.2) is 0 Å². The predicted octanol–water partition coefficient (Wildman–Crippen LogP) is 4.49. The van der Waals surface area contributed by atoms with Crippen molar-refractivity contribution in [2.24, 2.45) is 5.92 Å². The first-order chi connectivity index (χ1) is 9.13.